The van der Waals surface area contributed by atoms with E-state index in [2.05, 4.69) is 24.4 Å². The van der Waals surface area contributed by atoms with Gasteiger partial charge in [-0.05, 0) is 60.9 Å². The Bertz CT molecular complexity index is 603. The van der Waals surface area contributed by atoms with Crippen LogP contribution in [0.25, 0.3) is 10.1 Å². The summed E-state index contributed by atoms with van der Waals surface area (Å²) >= 11 is 1.94. The molecule has 0 unspecified atom stereocenters. The van der Waals surface area contributed by atoms with Gasteiger partial charge < -0.3 is 10.1 Å². The van der Waals surface area contributed by atoms with Crippen LogP contribution in [0, 0.1) is 0 Å². The van der Waals surface area contributed by atoms with Gasteiger partial charge >= 0.3 is 0 Å². The molecule has 0 atom stereocenters. The number of benzene rings is 1. The second-order valence-electron chi connectivity index (χ2n) is 5.58. The zero-order valence-corrected chi connectivity index (χ0v) is 13.2. The Labute approximate surface area is 125 Å². The van der Waals surface area contributed by atoms with Crippen molar-refractivity contribution in [2.24, 2.45) is 0 Å². The third-order valence-electron chi connectivity index (χ3n) is 4.09. The van der Waals surface area contributed by atoms with Crippen LogP contribution in [0.4, 0.5) is 0 Å². The maximum Gasteiger partial charge on any atom is 0.0730 e. The fourth-order valence-electron chi connectivity index (χ4n) is 3.09. The highest BCUT2D eigenvalue weighted by Crippen LogP contribution is 2.36. The number of aryl methyl sites for hydroxylation is 2. The molecule has 0 saturated heterocycles. The SMILES string of the molecule is CCCNCc1sc2cc3c(cc2c1COC)CCC3. The van der Waals surface area contributed by atoms with E-state index in [9.17, 15) is 0 Å². The Morgan fingerprint density at radius 2 is 2.05 bits per heavy atom. The van der Waals surface area contributed by atoms with E-state index in [0.717, 1.165) is 19.7 Å². The van der Waals surface area contributed by atoms with Crippen LogP contribution in [0.2, 0.25) is 0 Å². The van der Waals surface area contributed by atoms with Crippen LogP contribution < -0.4 is 5.32 Å². The minimum atomic E-state index is 0.724. The second kappa shape index (κ2) is 6.25. The summed E-state index contributed by atoms with van der Waals surface area (Å²) in [6.45, 7) is 4.98. The van der Waals surface area contributed by atoms with E-state index in [4.69, 9.17) is 4.74 Å². The van der Waals surface area contributed by atoms with E-state index in [-0.39, 0.29) is 0 Å². The average Bonchev–Trinajstić information content (AvgIpc) is 3.02. The molecular weight excluding hydrogens is 266 g/mol. The highest BCUT2D eigenvalue weighted by molar-refractivity contribution is 7.19. The van der Waals surface area contributed by atoms with Crippen molar-refractivity contribution in [3.63, 3.8) is 0 Å². The summed E-state index contributed by atoms with van der Waals surface area (Å²) < 4.78 is 6.88. The minimum absolute atomic E-state index is 0.724. The smallest absolute Gasteiger partial charge is 0.0730 e. The fraction of sp³-hybridized carbons (Fsp3) is 0.529. The van der Waals surface area contributed by atoms with Gasteiger partial charge in [-0.15, -0.1) is 11.3 Å². The van der Waals surface area contributed by atoms with E-state index in [1.165, 1.54) is 46.2 Å². The molecule has 3 heteroatoms. The van der Waals surface area contributed by atoms with Gasteiger partial charge in [-0.1, -0.05) is 6.92 Å². The average molecular weight is 289 g/mol. The lowest BCUT2D eigenvalue weighted by atomic mass is 10.0. The highest BCUT2D eigenvalue weighted by Gasteiger charge is 2.17. The van der Waals surface area contributed by atoms with E-state index >= 15 is 0 Å². The van der Waals surface area contributed by atoms with Crippen molar-refractivity contribution in [1.29, 1.82) is 0 Å². The lowest BCUT2D eigenvalue weighted by Crippen LogP contribution is -2.13. The number of hydrogen-bond acceptors (Lipinski definition) is 3. The summed E-state index contributed by atoms with van der Waals surface area (Å²) in [6.07, 6.45) is 5.00. The molecule has 1 aromatic carbocycles. The maximum absolute atomic E-state index is 5.44. The zero-order chi connectivity index (χ0) is 13.9. The van der Waals surface area contributed by atoms with Crippen LogP contribution >= 0.6 is 11.3 Å². The summed E-state index contributed by atoms with van der Waals surface area (Å²) in [4.78, 5) is 1.44. The van der Waals surface area contributed by atoms with Crippen LogP contribution in [-0.4, -0.2) is 13.7 Å². The van der Waals surface area contributed by atoms with E-state index in [1.807, 2.05) is 11.3 Å². The van der Waals surface area contributed by atoms with Crippen LogP contribution in [0.3, 0.4) is 0 Å². The van der Waals surface area contributed by atoms with Gasteiger partial charge in [-0.2, -0.15) is 0 Å². The zero-order valence-electron chi connectivity index (χ0n) is 12.4. The van der Waals surface area contributed by atoms with E-state index in [0.29, 0.717) is 0 Å². The number of ether oxygens (including phenoxy) is 1. The Kier molecular flexibility index (Phi) is 4.39. The predicted molar refractivity (Wildman–Crippen MR) is 86.6 cm³/mol. The summed E-state index contributed by atoms with van der Waals surface area (Å²) in [5.74, 6) is 0. The number of rotatable bonds is 6. The normalized spacial score (nSPS) is 14.1. The molecule has 1 N–H and O–H groups in total. The van der Waals surface area contributed by atoms with Gasteiger partial charge in [-0.3, -0.25) is 0 Å². The number of methoxy groups -OCH3 is 1. The van der Waals surface area contributed by atoms with Crippen LogP contribution in [0.15, 0.2) is 12.1 Å². The summed E-state index contributed by atoms with van der Waals surface area (Å²) in [5.41, 5.74) is 4.52. The Morgan fingerprint density at radius 1 is 1.25 bits per heavy atom. The van der Waals surface area contributed by atoms with Crippen molar-refractivity contribution in [1.82, 2.24) is 5.32 Å². The molecule has 3 rings (SSSR count). The van der Waals surface area contributed by atoms with Crippen molar-refractivity contribution < 1.29 is 4.74 Å². The highest BCUT2D eigenvalue weighted by atomic mass is 32.1. The third kappa shape index (κ3) is 2.62. The van der Waals surface area contributed by atoms with Gasteiger partial charge in [0.05, 0.1) is 6.61 Å². The Morgan fingerprint density at radius 3 is 2.80 bits per heavy atom. The molecule has 2 aromatic rings. The van der Waals surface area contributed by atoms with Gasteiger partial charge in [0.25, 0.3) is 0 Å². The molecule has 0 saturated carbocycles. The molecule has 0 amide bonds. The molecular formula is C17H23NOS. The summed E-state index contributed by atoms with van der Waals surface area (Å²) in [6, 6.07) is 4.84. The Hall–Kier alpha value is -0.900. The number of nitrogens with one attached hydrogen (secondary N) is 1. The first kappa shape index (κ1) is 14.1. The lowest BCUT2D eigenvalue weighted by molar-refractivity contribution is 0.185. The molecule has 1 aliphatic rings. The largest absolute Gasteiger partial charge is 0.380 e. The van der Waals surface area contributed by atoms with Crippen molar-refractivity contribution >= 4 is 21.4 Å². The van der Waals surface area contributed by atoms with Crippen molar-refractivity contribution in [2.45, 2.75) is 45.8 Å². The van der Waals surface area contributed by atoms with Crippen molar-refractivity contribution in [3.8, 4) is 0 Å². The molecule has 0 aliphatic heterocycles. The number of thiophene rings is 1. The van der Waals surface area contributed by atoms with Crippen molar-refractivity contribution in [3.05, 3.63) is 33.7 Å². The standard InChI is InChI=1S/C17H23NOS/c1-3-7-18-10-17-15(11-19-2)14-8-12-5-4-6-13(12)9-16(14)20-17/h8-9,18H,3-7,10-11H2,1-2H3. The van der Waals surface area contributed by atoms with Crippen LogP contribution in [-0.2, 0) is 30.7 Å². The van der Waals surface area contributed by atoms with Crippen LogP contribution in [0.1, 0.15) is 41.3 Å². The monoisotopic (exact) mass is 289 g/mol. The first-order chi connectivity index (χ1) is 9.83. The third-order valence-corrected chi connectivity index (χ3v) is 5.28. The van der Waals surface area contributed by atoms with Gasteiger partial charge in [0, 0.05) is 28.8 Å². The molecule has 108 valence electrons. The molecule has 0 fully saturated rings. The van der Waals surface area contributed by atoms with Gasteiger partial charge in [0.2, 0.25) is 0 Å². The van der Waals surface area contributed by atoms with E-state index in [1.54, 1.807) is 18.2 Å². The topological polar surface area (TPSA) is 21.3 Å². The minimum Gasteiger partial charge on any atom is -0.380 e. The molecule has 2 nitrogen and oxygen atoms in total. The summed E-state index contributed by atoms with van der Waals surface area (Å²) in [5, 5.41) is 4.95. The number of hydrogen-bond donors (Lipinski definition) is 1. The van der Waals surface area contributed by atoms with Gasteiger partial charge in [0.15, 0.2) is 0 Å². The predicted octanol–water partition coefficient (Wildman–Crippen LogP) is 4.04. The Balaban J connectivity index is 1.99. The maximum atomic E-state index is 5.44. The first-order valence-corrected chi connectivity index (χ1v) is 8.40. The molecule has 20 heavy (non-hydrogen) atoms. The van der Waals surface area contributed by atoms with Gasteiger partial charge in [0.1, 0.15) is 0 Å². The van der Waals surface area contributed by atoms with E-state index < -0.39 is 0 Å². The molecule has 0 spiro atoms. The molecule has 0 bridgehead atoms. The summed E-state index contributed by atoms with van der Waals surface area (Å²) in [7, 11) is 1.79. The van der Waals surface area contributed by atoms with Gasteiger partial charge in [-0.25, -0.2) is 0 Å². The molecule has 1 heterocycles. The molecule has 1 aromatic heterocycles. The number of fused-ring (bicyclic) bond motifs is 2. The van der Waals surface area contributed by atoms with Crippen LogP contribution in [0.5, 0.6) is 0 Å². The molecule has 0 radical (unpaired) electrons. The first-order valence-electron chi connectivity index (χ1n) is 7.59. The van der Waals surface area contributed by atoms with Crippen molar-refractivity contribution in [2.75, 3.05) is 13.7 Å². The lowest BCUT2D eigenvalue weighted by Gasteiger charge is -2.05. The quantitative estimate of drug-likeness (QED) is 0.811. The fourth-order valence-corrected chi connectivity index (χ4v) is 4.32. The molecule has 1 aliphatic carbocycles. The second-order valence-corrected chi connectivity index (χ2v) is 6.72.